The van der Waals surface area contributed by atoms with Crippen molar-refractivity contribution >= 4 is 10.0 Å². The van der Waals surface area contributed by atoms with Crippen molar-refractivity contribution in [3.05, 3.63) is 52.9 Å². The van der Waals surface area contributed by atoms with Gasteiger partial charge >= 0.3 is 0 Å². The van der Waals surface area contributed by atoms with Gasteiger partial charge in [0.05, 0.1) is 4.90 Å². The van der Waals surface area contributed by atoms with Gasteiger partial charge in [-0.15, -0.1) is 0 Å². The number of rotatable bonds is 3. The number of hydrogen-bond acceptors (Lipinski definition) is 3. The fourth-order valence-electron chi connectivity index (χ4n) is 1.92. The first-order chi connectivity index (χ1) is 9.69. The Labute approximate surface area is 124 Å². The first-order valence-electron chi connectivity index (χ1n) is 6.51. The van der Waals surface area contributed by atoms with Gasteiger partial charge in [-0.1, -0.05) is 12.1 Å². The average Bonchev–Trinajstić information content (AvgIpc) is 2.37. The van der Waals surface area contributed by atoms with Gasteiger partial charge in [0.2, 0.25) is 10.0 Å². The van der Waals surface area contributed by atoms with Crippen molar-refractivity contribution in [3.63, 3.8) is 0 Å². The lowest BCUT2D eigenvalue weighted by molar-refractivity contribution is 0.491. The van der Waals surface area contributed by atoms with Gasteiger partial charge in [-0.25, -0.2) is 13.1 Å². The molecule has 112 valence electrons. The van der Waals surface area contributed by atoms with Crippen molar-refractivity contribution in [2.75, 3.05) is 0 Å². The zero-order valence-corrected chi connectivity index (χ0v) is 13.0. The molecule has 0 saturated carbocycles. The number of H-pyrrole nitrogens is 1. The Morgan fingerprint density at radius 2 is 1.67 bits per heavy atom. The first kappa shape index (κ1) is 15.5. The monoisotopic (exact) mass is 306 g/mol. The van der Waals surface area contributed by atoms with Gasteiger partial charge in [0.15, 0.2) is 0 Å². The molecule has 0 unspecified atom stereocenters. The second kappa shape index (κ2) is 5.46. The van der Waals surface area contributed by atoms with E-state index in [9.17, 15) is 13.2 Å². The topological polar surface area (TPSA) is 79.0 Å². The van der Waals surface area contributed by atoms with Crippen molar-refractivity contribution in [2.45, 2.75) is 31.2 Å². The minimum absolute atomic E-state index is 0.175. The van der Waals surface area contributed by atoms with Crippen molar-refractivity contribution in [2.24, 2.45) is 0 Å². The van der Waals surface area contributed by atoms with Crippen LogP contribution in [0.1, 0.15) is 20.8 Å². The predicted octanol–water partition coefficient (Wildman–Crippen LogP) is 2.12. The van der Waals surface area contributed by atoms with Gasteiger partial charge in [-0.05, 0) is 50.6 Å². The Hall–Kier alpha value is -1.92. The number of pyridine rings is 1. The van der Waals surface area contributed by atoms with Crippen LogP contribution >= 0.6 is 0 Å². The van der Waals surface area contributed by atoms with E-state index in [0.717, 1.165) is 0 Å². The molecule has 0 aliphatic rings. The molecule has 0 radical (unpaired) electrons. The second-order valence-electron chi connectivity index (χ2n) is 5.79. The molecule has 21 heavy (non-hydrogen) atoms. The van der Waals surface area contributed by atoms with Gasteiger partial charge in [0.25, 0.3) is 5.56 Å². The SMILES string of the molecule is CC(C)(C)NS(=O)(=O)c1ccc(-c2ccc[nH]c2=O)cc1. The number of nitrogens with one attached hydrogen (secondary N) is 2. The summed E-state index contributed by atoms with van der Waals surface area (Å²) in [5.74, 6) is 0. The van der Waals surface area contributed by atoms with Gasteiger partial charge in [0, 0.05) is 17.3 Å². The lowest BCUT2D eigenvalue weighted by Gasteiger charge is -2.20. The largest absolute Gasteiger partial charge is 0.329 e. The summed E-state index contributed by atoms with van der Waals surface area (Å²) in [5.41, 5.74) is 0.423. The first-order valence-corrected chi connectivity index (χ1v) is 7.99. The molecule has 1 aromatic carbocycles. The molecular formula is C15H18N2O3S. The zero-order valence-electron chi connectivity index (χ0n) is 12.2. The lowest BCUT2D eigenvalue weighted by Crippen LogP contribution is -2.40. The summed E-state index contributed by atoms with van der Waals surface area (Å²) in [6.45, 7) is 5.34. The van der Waals surface area contributed by atoms with E-state index >= 15 is 0 Å². The van der Waals surface area contributed by atoms with Gasteiger partial charge in [0.1, 0.15) is 0 Å². The van der Waals surface area contributed by atoms with Crippen LogP contribution in [0, 0.1) is 0 Å². The summed E-state index contributed by atoms with van der Waals surface area (Å²) in [6.07, 6.45) is 1.55. The van der Waals surface area contributed by atoms with Crippen LogP contribution in [0.2, 0.25) is 0 Å². The molecule has 1 aromatic heterocycles. The molecule has 2 N–H and O–H groups in total. The molecule has 0 atom stereocenters. The highest BCUT2D eigenvalue weighted by molar-refractivity contribution is 7.89. The van der Waals surface area contributed by atoms with Crippen LogP contribution in [0.4, 0.5) is 0 Å². The van der Waals surface area contributed by atoms with Crippen molar-refractivity contribution in [3.8, 4) is 11.1 Å². The van der Waals surface area contributed by atoms with E-state index in [1.165, 1.54) is 12.1 Å². The summed E-state index contributed by atoms with van der Waals surface area (Å²) >= 11 is 0. The smallest absolute Gasteiger partial charge is 0.255 e. The van der Waals surface area contributed by atoms with E-state index in [0.29, 0.717) is 11.1 Å². The van der Waals surface area contributed by atoms with Crippen molar-refractivity contribution in [1.29, 1.82) is 0 Å². The molecule has 5 nitrogen and oxygen atoms in total. The summed E-state index contributed by atoms with van der Waals surface area (Å²) < 4.78 is 27.0. The van der Waals surface area contributed by atoms with Crippen LogP contribution in [-0.4, -0.2) is 18.9 Å². The molecule has 2 aromatic rings. The van der Waals surface area contributed by atoms with E-state index in [4.69, 9.17) is 0 Å². The Bertz CT molecular complexity index is 785. The molecule has 0 spiro atoms. The lowest BCUT2D eigenvalue weighted by atomic mass is 10.1. The highest BCUT2D eigenvalue weighted by atomic mass is 32.2. The van der Waals surface area contributed by atoms with Crippen LogP contribution in [0.15, 0.2) is 52.3 Å². The molecule has 0 aliphatic carbocycles. The normalized spacial score (nSPS) is 12.3. The molecule has 0 fully saturated rings. The third kappa shape index (κ3) is 3.80. The third-order valence-electron chi connectivity index (χ3n) is 2.73. The number of aromatic amines is 1. The Morgan fingerprint density at radius 1 is 1.05 bits per heavy atom. The molecule has 1 heterocycles. The Balaban J connectivity index is 2.36. The van der Waals surface area contributed by atoms with Crippen LogP contribution in [0.3, 0.4) is 0 Å². The summed E-state index contributed by atoms with van der Waals surface area (Å²) in [6, 6.07) is 9.66. The molecule has 0 saturated heterocycles. The van der Waals surface area contributed by atoms with E-state index in [1.807, 2.05) is 0 Å². The third-order valence-corrected chi connectivity index (χ3v) is 4.51. The van der Waals surface area contributed by atoms with Crippen LogP contribution in [0.25, 0.3) is 11.1 Å². The maximum absolute atomic E-state index is 12.2. The van der Waals surface area contributed by atoms with Crippen molar-refractivity contribution < 1.29 is 8.42 Å². The molecule has 0 amide bonds. The molecule has 0 bridgehead atoms. The maximum Gasteiger partial charge on any atom is 0.255 e. The quantitative estimate of drug-likeness (QED) is 0.911. The van der Waals surface area contributed by atoms with E-state index in [1.54, 1.807) is 51.2 Å². The van der Waals surface area contributed by atoms with Gasteiger partial charge < -0.3 is 4.98 Å². The van der Waals surface area contributed by atoms with E-state index < -0.39 is 15.6 Å². The van der Waals surface area contributed by atoms with Crippen LogP contribution in [-0.2, 0) is 10.0 Å². The number of hydrogen-bond donors (Lipinski definition) is 2. The minimum atomic E-state index is -3.56. The van der Waals surface area contributed by atoms with Gasteiger partial charge in [-0.3, -0.25) is 4.79 Å². The Morgan fingerprint density at radius 3 is 2.19 bits per heavy atom. The summed E-state index contributed by atoms with van der Waals surface area (Å²) in [5, 5.41) is 0. The zero-order chi connectivity index (χ0) is 15.7. The molecule has 2 rings (SSSR count). The van der Waals surface area contributed by atoms with Crippen LogP contribution in [0.5, 0.6) is 0 Å². The summed E-state index contributed by atoms with van der Waals surface area (Å²) in [7, 11) is -3.56. The number of benzene rings is 1. The molecule has 6 heteroatoms. The Kier molecular flexibility index (Phi) is 4.02. The fourth-order valence-corrected chi connectivity index (χ4v) is 3.34. The summed E-state index contributed by atoms with van der Waals surface area (Å²) in [4.78, 5) is 14.5. The minimum Gasteiger partial charge on any atom is -0.329 e. The average molecular weight is 306 g/mol. The standard InChI is InChI=1S/C15H18N2O3S/c1-15(2,3)17-21(19,20)12-8-6-11(7-9-12)13-5-4-10-16-14(13)18/h4-10,17H,1-3H3,(H,16,18). The molecular weight excluding hydrogens is 288 g/mol. The highest BCUT2D eigenvalue weighted by Gasteiger charge is 2.21. The fraction of sp³-hybridized carbons (Fsp3) is 0.267. The van der Waals surface area contributed by atoms with E-state index in [2.05, 4.69) is 9.71 Å². The van der Waals surface area contributed by atoms with Crippen LogP contribution < -0.4 is 10.3 Å². The number of aromatic nitrogens is 1. The number of sulfonamides is 1. The van der Waals surface area contributed by atoms with E-state index in [-0.39, 0.29) is 10.5 Å². The second-order valence-corrected chi connectivity index (χ2v) is 7.48. The maximum atomic E-state index is 12.2. The van der Waals surface area contributed by atoms with Gasteiger partial charge in [-0.2, -0.15) is 0 Å². The molecule has 0 aliphatic heterocycles. The predicted molar refractivity (Wildman–Crippen MR) is 82.6 cm³/mol. The van der Waals surface area contributed by atoms with Crippen molar-refractivity contribution in [1.82, 2.24) is 9.71 Å². The highest BCUT2D eigenvalue weighted by Crippen LogP contribution is 2.19.